The number of hydrogen-bond donors (Lipinski definition) is 3. The second-order valence-corrected chi connectivity index (χ2v) is 5.76. The molecule has 0 atom stereocenters. The number of anilines is 2. The van der Waals surface area contributed by atoms with E-state index < -0.39 is 5.97 Å². The first kappa shape index (κ1) is 15.7. The van der Waals surface area contributed by atoms with E-state index in [1.54, 1.807) is 6.07 Å². The van der Waals surface area contributed by atoms with Crippen LogP contribution < -0.4 is 5.32 Å². The lowest BCUT2D eigenvalue weighted by Gasteiger charge is -2.13. The summed E-state index contributed by atoms with van der Waals surface area (Å²) in [6.07, 6.45) is 0. The molecule has 2 aromatic carbocycles. The van der Waals surface area contributed by atoms with Crippen LogP contribution in [0.1, 0.15) is 35.9 Å². The van der Waals surface area contributed by atoms with Gasteiger partial charge >= 0.3 is 5.97 Å². The summed E-state index contributed by atoms with van der Waals surface area (Å²) >= 11 is 0. The number of aromatic hydroxyl groups is 1. The quantitative estimate of drug-likeness (QED) is 0.630. The Morgan fingerprint density at radius 2 is 1.88 bits per heavy atom. The third-order valence-corrected chi connectivity index (χ3v) is 3.63. The molecule has 6 nitrogen and oxygen atoms in total. The molecule has 3 N–H and O–H groups in total. The molecule has 122 valence electrons. The van der Waals surface area contributed by atoms with E-state index in [2.05, 4.69) is 15.3 Å². The molecule has 0 aliphatic heterocycles. The molecule has 0 saturated heterocycles. The van der Waals surface area contributed by atoms with E-state index in [0.29, 0.717) is 17.3 Å². The van der Waals surface area contributed by atoms with Crippen molar-refractivity contribution in [1.29, 1.82) is 0 Å². The Kier molecular flexibility index (Phi) is 4.04. The Morgan fingerprint density at radius 1 is 1.12 bits per heavy atom. The lowest BCUT2D eigenvalue weighted by Crippen LogP contribution is -2.04. The second kappa shape index (κ2) is 6.16. The number of para-hydroxylation sites is 1. The lowest BCUT2D eigenvalue weighted by atomic mass is 10.1. The van der Waals surface area contributed by atoms with Crippen molar-refractivity contribution in [2.45, 2.75) is 19.8 Å². The highest BCUT2D eigenvalue weighted by Gasteiger charge is 2.13. The molecule has 0 aliphatic rings. The largest absolute Gasteiger partial charge is 0.507 e. The van der Waals surface area contributed by atoms with Gasteiger partial charge in [0.1, 0.15) is 23.0 Å². The van der Waals surface area contributed by atoms with E-state index >= 15 is 0 Å². The first-order valence-electron chi connectivity index (χ1n) is 7.55. The van der Waals surface area contributed by atoms with Gasteiger partial charge in [0.25, 0.3) is 0 Å². The van der Waals surface area contributed by atoms with Crippen LogP contribution in [-0.4, -0.2) is 26.2 Å². The van der Waals surface area contributed by atoms with Crippen molar-refractivity contribution in [3.63, 3.8) is 0 Å². The number of carbonyl (C=O) groups is 1. The average molecular weight is 323 g/mol. The molecule has 0 unspecified atom stereocenters. The summed E-state index contributed by atoms with van der Waals surface area (Å²) in [5.41, 5.74) is 1.18. The molecule has 0 radical (unpaired) electrons. The number of phenols is 1. The van der Waals surface area contributed by atoms with Gasteiger partial charge in [0.05, 0.1) is 5.52 Å². The van der Waals surface area contributed by atoms with Crippen LogP contribution in [0.25, 0.3) is 10.9 Å². The summed E-state index contributed by atoms with van der Waals surface area (Å²) < 4.78 is 0. The highest BCUT2D eigenvalue weighted by atomic mass is 16.4. The van der Waals surface area contributed by atoms with Gasteiger partial charge in [-0.3, -0.25) is 0 Å². The zero-order chi connectivity index (χ0) is 17.3. The van der Waals surface area contributed by atoms with E-state index in [4.69, 9.17) is 5.11 Å². The third-order valence-electron chi connectivity index (χ3n) is 3.63. The van der Waals surface area contributed by atoms with E-state index in [-0.39, 0.29) is 17.2 Å². The number of benzene rings is 2. The van der Waals surface area contributed by atoms with E-state index in [1.165, 1.54) is 12.1 Å². The van der Waals surface area contributed by atoms with Gasteiger partial charge in [-0.2, -0.15) is 0 Å². The van der Waals surface area contributed by atoms with Crippen LogP contribution in [-0.2, 0) is 0 Å². The minimum absolute atomic E-state index is 0.157. The number of aromatic nitrogens is 2. The third kappa shape index (κ3) is 2.99. The summed E-state index contributed by atoms with van der Waals surface area (Å²) in [6.45, 7) is 4.02. The SMILES string of the molecule is CC(C)c1nc(Nc2ccc(O)c(C(=O)O)c2)c2ccccc2n1. The average Bonchev–Trinajstić information content (AvgIpc) is 2.56. The molecule has 0 aliphatic carbocycles. The number of carboxylic acids is 1. The number of fused-ring (bicyclic) bond motifs is 1. The zero-order valence-electron chi connectivity index (χ0n) is 13.3. The molecular formula is C18H17N3O3. The Bertz CT molecular complexity index is 923. The Morgan fingerprint density at radius 3 is 2.58 bits per heavy atom. The van der Waals surface area contributed by atoms with Crippen LogP contribution in [0.3, 0.4) is 0 Å². The Hall–Kier alpha value is -3.15. The summed E-state index contributed by atoms with van der Waals surface area (Å²) in [6, 6.07) is 11.9. The molecule has 0 saturated carbocycles. The number of nitrogens with one attached hydrogen (secondary N) is 1. The predicted molar refractivity (Wildman–Crippen MR) is 92.0 cm³/mol. The summed E-state index contributed by atoms with van der Waals surface area (Å²) in [4.78, 5) is 20.3. The van der Waals surface area contributed by atoms with Crippen LogP contribution >= 0.6 is 0 Å². The minimum Gasteiger partial charge on any atom is -0.507 e. The maximum Gasteiger partial charge on any atom is 0.339 e. The smallest absolute Gasteiger partial charge is 0.339 e. The summed E-state index contributed by atoms with van der Waals surface area (Å²) in [5, 5.41) is 22.7. The topological polar surface area (TPSA) is 95.3 Å². The van der Waals surface area contributed by atoms with Gasteiger partial charge in [0.15, 0.2) is 0 Å². The summed E-state index contributed by atoms with van der Waals surface area (Å²) in [5.74, 6) is -0.000602. The zero-order valence-corrected chi connectivity index (χ0v) is 13.3. The number of hydrogen-bond acceptors (Lipinski definition) is 5. The van der Waals surface area contributed by atoms with Gasteiger partial charge < -0.3 is 15.5 Å². The van der Waals surface area contributed by atoms with E-state index in [0.717, 1.165) is 10.9 Å². The van der Waals surface area contributed by atoms with Crippen molar-refractivity contribution in [3.8, 4) is 5.75 Å². The standard InChI is InChI=1S/C18H17N3O3/c1-10(2)16-20-14-6-4-3-5-12(14)17(21-16)19-11-7-8-15(22)13(9-11)18(23)24/h3-10,22H,1-2H3,(H,23,24)(H,19,20,21). The highest BCUT2D eigenvalue weighted by molar-refractivity contribution is 5.94. The molecule has 1 heterocycles. The first-order valence-corrected chi connectivity index (χ1v) is 7.55. The fourth-order valence-electron chi connectivity index (χ4n) is 2.37. The number of nitrogens with zero attached hydrogens (tertiary/aromatic N) is 2. The molecule has 24 heavy (non-hydrogen) atoms. The van der Waals surface area contributed by atoms with Crippen LogP contribution in [0.2, 0.25) is 0 Å². The van der Waals surface area contributed by atoms with Crippen molar-refractivity contribution in [3.05, 3.63) is 53.9 Å². The number of carboxylic acid groups (broad SMARTS) is 1. The molecule has 1 aromatic heterocycles. The fourth-order valence-corrected chi connectivity index (χ4v) is 2.37. The molecule has 6 heteroatoms. The second-order valence-electron chi connectivity index (χ2n) is 5.76. The monoisotopic (exact) mass is 323 g/mol. The first-order chi connectivity index (χ1) is 11.5. The van der Waals surface area contributed by atoms with Gasteiger partial charge in [0, 0.05) is 17.0 Å². The summed E-state index contributed by atoms with van der Waals surface area (Å²) in [7, 11) is 0. The Labute approximate surface area is 138 Å². The van der Waals surface area contributed by atoms with Gasteiger partial charge in [-0.05, 0) is 30.3 Å². The normalized spacial score (nSPS) is 11.0. The van der Waals surface area contributed by atoms with Crippen LogP contribution in [0.4, 0.5) is 11.5 Å². The van der Waals surface area contributed by atoms with Crippen LogP contribution in [0.15, 0.2) is 42.5 Å². The molecule has 3 aromatic rings. The van der Waals surface area contributed by atoms with Gasteiger partial charge in [0.2, 0.25) is 0 Å². The van der Waals surface area contributed by atoms with Gasteiger partial charge in [-0.15, -0.1) is 0 Å². The van der Waals surface area contributed by atoms with Crippen molar-refractivity contribution >= 4 is 28.4 Å². The molecule has 0 amide bonds. The highest BCUT2D eigenvalue weighted by Crippen LogP contribution is 2.28. The van der Waals surface area contributed by atoms with Crippen molar-refractivity contribution in [2.24, 2.45) is 0 Å². The van der Waals surface area contributed by atoms with Gasteiger partial charge in [-0.1, -0.05) is 26.0 Å². The predicted octanol–water partition coefficient (Wildman–Crippen LogP) is 3.90. The van der Waals surface area contributed by atoms with Crippen LogP contribution in [0, 0.1) is 0 Å². The van der Waals surface area contributed by atoms with E-state index in [1.807, 2.05) is 38.1 Å². The van der Waals surface area contributed by atoms with Crippen molar-refractivity contribution in [2.75, 3.05) is 5.32 Å². The molecular weight excluding hydrogens is 306 g/mol. The maximum absolute atomic E-state index is 11.2. The van der Waals surface area contributed by atoms with Gasteiger partial charge in [-0.25, -0.2) is 14.8 Å². The molecule has 0 fully saturated rings. The minimum atomic E-state index is -1.19. The fraction of sp³-hybridized carbons (Fsp3) is 0.167. The van der Waals surface area contributed by atoms with E-state index in [9.17, 15) is 9.90 Å². The Balaban J connectivity index is 2.09. The van der Waals surface area contributed by atoms with Crippen molar-refractivity contribution in [1.82, 2.24) is 9.97 Å². The van der Waals surface area contributed by atoms with Crippen molar-refractivity contribution < 1.29 is 15.0 Å². The molecule has 3 rings (SSSR count). The molecule has 0 spiro atoms. The maximum atomic E-state index is 11.2. The lowest BCUT2D eigenvalue weighted by molar-refractivity contribution is 0.0694. The molecule has 0 bridgehead atoms. The number of rotatable bonds is 4. The number of aromatic carboxylic acids is 1. The van der Waals surface area contributed by atoms with Crippen LogP contribution in [0.5, 0.6) is 5.75 Å².